The minimum absolute atomic E-state index is 0.0458. The molecule has 4 N–H and O–H groups in total. The van der Waals surface area contributed by atoms with Crippen molar-refractivity contribution in [3.8, 4) is 5.75 Å². The number of thioether (sulfide) groups is 1. The summed E-state index contributed by atoms with van der Waals surface area (Å²) < 4.78 is 0. The summed E-state index contributed by atoms with van der Waals surface area (Å²) >= 11 is 1.80. The number of rotatable bonds is 0. The summed E-state index contributed by atoms with van der Waals surface area (Å²) in [6, 6.07) is 0. The molecule has 3 bridgehead atoms. The van der Waals surface area contributed by atoms with Crippen molar-refractivity contribution in [3.05, 3.63) is 17.3 Å². The molecule has 2 fully saturated rings. The predicted octanol–water partition coefficient (Wildman–Crippen LogP) is 1.80. The Kier molecular flexibility index (Phi) is 1.94. The zero-order valence-electron chi connectivity index (χ0n) is 13.4. The Hall–Kier alpha value is -1.86. The normalized spacial score (nSPS) is 39.2. The van der Waals surface area contributed by atoms with Crippen LogP contribution in [0.4, 0.5) is 11.4 Å². The second-order valence-electron chi connectivity index (χ2n) is 8.15. The first-order valence-electron chi connectivity index (χ1n) is 8.88. The number of H-pyrrole nitrogens is 1. The summed E-state index contributed by atoms with van der Waals surface area (Å²) in [4.78, 5) is 18.1. The molecule has 1 saturated heterocycles. The van der Waals surface area contributed by atoms with E-state index in [1.54, 1.807) is 11.8 Å². The number of benzene rings is 1. The summed E-state index contributed by atoms with van der Waals surface area (Å²) in [5.74, 6) is 0.241. The summed E-state index contributed by atoms with van der Waals surface area (Å²) in [5.41, 5.74) is 3.19. The van der Waals surface area contributed by atoms with Crippen molar-refractivity contribution in [2.45, 2.75) is 47.4 Å². The quantitative estimate of drug-likeness (QED) is 0.539. The molecule has 25 heavy (non-hydrogen) atoms. The number of aromatic nitrogens is 1. The first-order chi connectivity index (χ1) is 12.0. The third-order valence-corrected chi connectivity index (χ3v) is 8.72. The number of aromatic amines is 1. The second-order valence-corrected chi connectivity index (χ2v) is 9.56. The van der Waals surface area contributed by atoms with E-state index in [-0.39, 0.29) is 27.6 Å². The number of Topliss-reactive ketones (excluding diaryl/α,β-unsaturated/α-hetero) is 1. The number of aliphatic hydroxyl groups is 1. The lowest BCUT2D eigenvalue weighted by molar-refractivity contribution is -0.145. The molecule has 4 aliphatic heterocycles. The van der Waals surface area contributed by atoms with E-state index < -0.39 is 5.72 Å². The Morgan fingerprint density at radius 1 is 1.40 bits per heavy atom. The van der Waals surface area contributed by atoms with Crippen LogP contribution >= 0.6 is 11.8 Å². The van der Waals surface area contributed by atoms with E-state index in [1.165, 1.54) is 0 Å². The van der Waals surface area contributed by atoms with Crippen LogP contribution in [0.5, 0.6) is 5.75 Å². The van der Waals surface area contributed by atoms with Gasteiger partial charge in [0.1, 0.15) is 0 Å². The molecule has 4 unspecified atom stereocenters. The fraction of sp³-hybridized carbons (Fsp3) is 0.500. The average molecular weight is 355 g/mol. The number of carbonyl (C=O) groups is 1. The van der Waals surface area contributed by atoms with Crippen LogP contribution in [0.25, 0.3) is 10.9 Å². The highest BCUT2D eigenvalue weighted by Crippen LogP contribution is 2.69. The number of ketones is 1. The Morgan fingerprint density at radius 2 is 2.28 bits per heavy atom. The van der Waals surface area contributed by atoms with Gasteiger partial charge in [0.05, 0.1) is 22.3 Å². The lowest BCUT2D eigenvalue weighted by atomic mass is 9.58. The van der Waals surface area contributed by atoms with Gasteiger partial charge in [0, 0.05) is 47.2 Å². The highest BCUT2D eigenvalue weighted by atomic mass is 32.2. The molecule has 5 heterocycles. The molecule has 1 aromatic carbocycles. The molecular weight excluding hydrogens is 338 g/mol. The van der Waals surface area contributed by atoms with Gasteiger partial charge >= 0.3 is 0 Å². The van der Waals surface area contributed by atoms with Gasteiger partial charge in [-0.2, -0.15) is 0 Å². The average Bonchev–Trinajstić information content (AvgIpc) is 3.12. The monoisotopic (exact) mass is 355 g/mol. The van der Waals surface area contributed by atoms with Crippen LogP contribution in [0.2, 0.25) is 0 Å². The number of hydrogen-bond donors (Lipinski definition) is 4. The van der Waals surface area contributed by atoms with Gasteiger partial charge in [-0.1, -0.05) is 0 Å². The molecule has 128 valence electrons. The van der Waals surface area contributed by atoms with Gasteiger partial charge in [0.2, 0.25) is 0 Å². The van der Waals surface area contributed by atoms with E-state index in [9.17, 15) is 15.0 Å². The van der Waals surface area contributed by atoms with Crippen LogP contribution in [0.15, 0.2) is 6.20 Å². The van der Waals surface area contributed by atoms with Gasteiger partial charge in [0.25, 0.3) is 0 Å². The molecule has 6 nitrogen and oxygen atoms in total. The maximum Gasteiger partial charge on any atom is 0.199 e. The zero-order chi connectivity index (χ0) is 16.7. The van der Waals surface area contributed by atoms with E-state index >= 15 is 0 Å². The number of carbonyl (C=O) groups excluding carboxylic acids is 1. The topological polar surface area (TPSA) is 88.6 Å². The molecule has 2 aromatic rings. The summed E-state index contributed by atoms with van der Waals surface area (Å²) in [6.45, 7) is 0.636. The van der Waals surface area contributed by atoms with Gasteiger partial charge in [-0.15, -0.1) is 11.8 Å². The number of phenolic OH excluding ortho intramolecular Hbond substituents is 1. The van der Waals surface area contributed by atoms with E-state index in [0.717, 1.165) is 46.2 Å². The number of aromatic hydroxyl groups is 1. The number of fused-ring (bicyclic) bond motifs is 3. The number of nitrogens with zero attached hydrogens (tertiary/aromatic N) is 1. The zero-order valence-corrected chi connectivity index (χ0v) is 14.2. The molecule has 7 rings (SSSR count). The van der Waals surface area contributed by atoms with Crippen molar-refractivity contribution in [1.29, 1.82) is 0 Å². The third-order valence-electron chi connectivity index (χ3n) is 7.16. The Morgan fingerprint density at radius 3 is 3.16 bits per heavy atom. The number of anilines is 2. The highest BCUT2D eigenvalue weighted by Gasteiger charge is 2.68. The molecule has 1 saturated carbocycles. The van der Waals surface area contributed by atoms with Crippen molar-refractivity contribution in [1.82, 2.24) is 4.98 Å². The predicted molar refractivity (Wildman–Crippen MR) is 95.3 cm³/mol. The van der Waals surface area contributed by atoms with E-state index in [1.807, 2.05) is 11.1 Å². The third kappa shape index (κ3) is 1.18. The van der Waals surface area contributed by atoms with E-state index in [2.05, 4.69) is 10.3 Å². The molecule has 1 aromatic heterocycles. The Balaban J connectivity index is 1.73. The van der Waals surface area contributed by atoms with Gasteiger partial charge in [-0.25, -0.2) is 0 Å². The Labute approximate surface area is 147 Å². The van der Waals surface area contributed by atoms with Crippen LogP contribution in [0.1, 0.15) is 30.4 Å². The van der Waals surface area contributed by atoms with Crippen molar-refractivity contribution >= 4 is 39.8 Å². The fourth-order valence-corrected chi connectivity index (χ4v) is 7.98. The summed E-state index contributed by atoms with van der Waals surface area (Å²) in [5, 5.41) is 27.3. The van der Waals surface area contributed by atoms with E-state index in [4.69, 9.17) is 0 Å². The first-order valence-corrected chi connectivity index (χ1v) is 9.82. The largest absolute Gasteiger partial charge is 0.504 e. The molecule has 1 spiro atoms. The maximum absolute atomic E-state index is 12.9. The molecule has 4 atom stereocenters. The van der Waals surface area contributed by atoms with Crippen LogP contribution in [0.3, 0.4) is 0 Å². The Bertz CT molecular complexity index is 1030. The maximum atomic E-state index is 12.9. The smallest absolute Gasteiger partial charge is 0.199 e. The van der Waals surface area contributed by atoms with Gasteiger partial charge in [-0.05, 0) is 18.4 Å². The highest BCUT2D eigenvalue weighted by molar-refractivity contribution is 8.01. The fourth-order valence-electron chi connectivity index (χ4n) is 6.20. The van der Waals surface area contributed by atoms with Crippen molar-refractivity contribution < 1.29 is 15.0 Å². The van der Waals surface area contributed by atoms with Crippen molar-refractivity contribution in [3.63, 3.8) is 0 Å². The van der Waals surface area contributed by atoms with Crippen LogP contribution < -0.4 is 10.2 Å². The van der Waals surface area contributed by atoms with Gasteiger partial charge < -0.3 is 25.4 Å². The molecule has 1 aliphatic carbocycles. The molecule has 5 aliphatic rings. The van der Waals surface area contributed by atoms with Crippen molar-refractivity contribution in [2.24, 2.45) is 0 Å². The number of hydrogen-bond acceptors (Lipinski definition) is 6. The lowest BCUT2D eigenvalue weighted by Crippen LogP contribution is -2.68. The number of phenols is 1. The van der Waals surface area contributed by atoms with Crippen LogP contribution in [-0.4, -0.2) is 43.9 Å². The molecule has 7 heteroatoms. The molecular formula is C18H17N3O3S. The SMILES string of the molecule is O=C1CC2SC3CC24CC1(O)N1CCc2c[nH]c5c(O)c(c4c1c25)N3. The van der Waals surface area contributed by atoms with Gasteiger partial charge in [-0.3, -0.25) is 4.79 Å². The molecule has 0 radical (unpaired) electrons. The minimum Gasteiger partial charge on any atom is -0.504 e. The molecule has 0 amide bonds. The summed E-state index contributed by atoms with van der Waals surface area (Å²) in [7, 11) is 0. The van der Waals surface area contributed by atoms with Gasteiger partial charge in [0.15, 0.2) is 17.3 Å². The minimum atomic E-state index is -1.40. The van der Waals surface area contributed by atoms with Crippen LogP contribution in [0, 0.1) is 0 Å². The second kappa shape index (κ2) is 3.64. The number of nitrogens with one attached hydrogen (secondary N) is 2. The van der Waals surface area contributed by atoms with E-state index in [0.29, 0.717) is 19.4 Å². The lowest BCUT2D eigenvalue weighted by Gasteiger charge is -2.58. The first kappa shape index (κ1) is 13.4. The standard InChI is InChI=1S/C18H17N3O3S/c22-8-3-9-17-4-10(25-9)20-14-12(17)15-11-7(5-19-13(11)16(14)23)1-2-21(15)18(8,24)6-17/h5,9-10,19-20,23-24H,1-4,6H2. The summed E-state index contributed by atoms with van der Waals surface area (Å²) in [6.07, 6.45) is 4.51. The van der Waals surface area contributed by atoms with Crippen LogP contribution in [-0.2, 0) is 16.6 Å². The van der Waals surface area contributed by atoms with Crippen molar-refractivity contribution in [2.75, 3.05) is 16.8 Å².